The highest BCUT2D eigenvalue weighted by molar-refractivity contribution is 7.84. The zero-order chi connectivity index (χ0) is 13.9. The number of carbonyl (C=O) groups excluding carboxylic acids is 1. The molecule has 3 unspecified atom stereocenters. The number of hydrogen-bond donors (Lipinski definition) is 3. The van der Waals surface area contributed by atoms with Crippen LogP contribution in [-0.4, -0.2) is 44.9 Å². The zero-order valence-corrected chi connectivity index (χ0v) is 11.7. The number of carboxylic acids is 1. The third kappa shape index (κ3) is 3.97. The fraction of sp³-hybridized carbons (Fsp3) is 0.818. The highest BCUT2D eigenvalue weighted by Crippen LogP contribution is 2.39. The lowest BCUT2D eigenvalue weighted by molar-refractivity contribution is -0.144. The van der Waals surface area contributed by atoms with E-state index in [2.05, 4.69) is 10.6 Å². The maximum Gasteiger partial charge on any atom is 0.329 e. The summed E-state index contributed by atoms with van der Waals surface area (Å²) < 4.78 is 11.0. The molecule has 104 valence electrons. The van der Waals surface area contributed by atoms with Gasteiger partial charge in [0.15, 0.2) is 0 Å². The van der Waals surface area contributed by atoms with Gasteiger partial charge in [-0.3, -0.25) is 4.21 Å². The van der Waals surface area contributed by atoms with Gasteiger partial charge >= 0.3 is 12.0 Å². The molecule has 0 aromatic carbocycles. The number of carbonyl (C=O) groups is 2. The molecule has 1 rings (SSSR count). The van der Waals surface area contributed by atoms with Gasteiger partial charge in [0.1, 0.15) is 5.54 Å². The molecule has 0 spiro atoms. The number of rotatable bonds is 6. The molecule has 2 amide bonds. The summed E-state index contributed by atoms with van der Waals surface area (Å²) in [5.41, 5.74) is -1.21. The van der Waals surface area contributed by atoms with E-state index in [-0.39, 0.29) is 12.0 Å². The van der Waals surface area contributed by atoms with E-state index in [0.717, 1.165) is 12.8 Å². The highest BCUT2D eigenvalue weighted by Gasteiger charge is 2.48. The molecule has 0 aromatic heterocycles. The maximum absolute atomic E-state index is 11.7. The van der Waals surface area contributed by atoms with Gasteiger partial charge in [0, 0.05) is 28.9 Å². The van der Waals surface area contributed by atoms with Gasteiger partial charge in [0.05, 0.1) is 0 Å². The van der Waals surface area contributed by atoms with Crippen molar-refractivity contribution in [2.45, 2.75) is 38.3 Å². The van der Waals surface area contributed by atoms with Gasteiger partial charge in [0.2, 0.25) is 0 Å². The van der Waals surface area contributed by atoms with Crippen molar-refractivity contribution >= 4 is 22.8 Å². The summed E-state index contributed by atoms with van der Waals surface area (Å²) in [6.45, 7) is 3.26. The molecule has 0 aliphatic heterocycles. The van der Waals surface area contributed by atoms with Crippen molar-refractivity contribution in [2.24, 2.45) is 5.92 Å². The number of amides is 2. The highest BCUT2D eigenvalue weighted by atomic mass is 32.2. The molecule has 1 saturated carbocycles. The van der Waals surface area contributed by atoms with E-state index < -0.39 is 28.3 Å². The van der Waals surface area contributed by atoms with Crippen LogP contribution in [0.1, 0.15) is 26.7 Å². The van der Waals surface area contributed by atoms with Crippen LogP contribution in [0.4, 0.5) is 4.79 Å². The van der Waals surface area contributed by atoms with Gasteiger partial charge < -0.3 is 15.7 Å². The Hall–Kier alpha value is -1.11. The van der Waals surface area contributed by atoms with Gasteiger partial charge in [-0.15, -0.1) is 0 Å². The smallest absolute Gasteiger partial charge is 0.329 e. The van der Waals surface area contributed by atoms with Crippen molar-refractivity contribution in [3.8, 4) is 0 Å². The summed E-state index contributed by atoms with van der Waals surface area (Å²) in [6, 6.07) is -0.780. The van der Waals surface area contributed by atoms with Gasteiger partial charge in [-0.2, -0.15) is 0 Å². The molecule has 0 radical (unpaired) electrons. The summed E-state index contributed by atoms with van der Waals surface area (Å²) >= 11 is 0. The molecule has 1 aliphatic rings. The largest absolute Gasteiger partial charge is 0.480 e. The average molecular weight is 276 g/mol. The van der Waals surface area contributed by atoms with Gasteiger partial charge in [-0.25, -0.2) is 9.59 Å². The second kappa shape index (κ2) is 5.69. The summed E-state index contributed by atoms with van der Waals surface area (Å²) in [7, 11) is -0.999. The average Bonchev–Trinajstić information content (AvgIpc) is 2.97. The van der Waals surface area contributed by atoms with Crippen LogP contribution in [0, 0.1) is 5.92 Å². The lowest BCUT2D eigenvalue weighted by Crippen LogP contribution is -2.58. The number of aliphatic carboxylic acids is 1. The molecular weight excluding hydrogens is 256 g/mol. The zero-order valence-electron chi connectivity index (χ0n) is 10.9. The standard InChI is InChI=1S/C11H20N2O4S/c1-7(6-18(3)17)12-10(16)13-11(2,9(14)15)8-4-5-8/h7-8H,4-6H2,1-3H3,(H,14,15)(H2,12,13,16). The van der Waals surface area contributed by atoms with Crippen molar-refractivity contribution < 1.29 is 18.9 Å². The van der Waals surface area contributed by atoms with Crippen molar-refractivity contribution in [1.29, 1.82) is 0 Å². The molecule has 6 nitrogen and oxygen atoms in total. The molecule has 0 aromatic rings. The van der Waals surface area contributed by atoms with Crippen molar-refractivity contribution in [3.05, 3.63) is 0 Å². The van der Waals surface area contributed by atoms with E-state index >= 15 is 0 Å². The predicted molar refractivity (Wildman–Crippen MR) is 68.8 cm³/mol. The van der Waals surface area contributed by atoms with Crippen molar-refractivity contribution in [3.63, 3.8) is 0 Å². The topological polar surface area (TPSA) is 95.5 Å². The Morgan fingerprint density at radius 3 is 2.44 bits per heavy atom. The van der Waals surface area contributed by atoms with Crippen LogP contribution in [-0.2, 0) is 15.6 Å². The number of carboxylic acid groups (broad SMARTS) is 1. The number of urea groups is 1. The maximum atomic E-state index is 11.7. The molecule has 0 heterocycles. The van der Waals surface area contributed by atoms with Gasteiger partial charge in [0.25, 0.3) is 0 Å². The minimum absolute atomic E-state index is 0.00337. The SMILES string of the molecule is CC(CS(C)=O)NC(=O)NC(C)(C(=O)O)C1CC1. The fourth-order valence-electron chi connectivity index (χ4n) is 1.88. The first-order valence-corrected chi connectivity index (χ1v) is 7.60. The first-order chi connectivity index (χ1) is 8.25. The minimum atomic E-state index is -1.21. The van der Waals surface area contributed by atoms with Gasteiger partial charge in [-0.1, -0.05) is 0 Å². The van der Waals surface area contributed by atoms with Gasteiger partial charge in [-0.05, 0) is 32.6 Å². The summed E-state index contributed by atoms with van der Waals surface area (Å²) in [4.78, 5) is 22.9. The molecule has 0 bridgehead atoms. The van der Waals surface area contributed by atoms with E-state index in [4.69, 9.17) is 0 Å². The summed E-state index contributed by atoms with van der Waals surface area (Å²) in [5.74, 6) is -0.677. The Labute approximate surface area is 109 Å². The Morgan fingerprint density at radius 2 is 2.06 bits per heavy atom. The summed E-state index contributed by atoms with van der Waals surface area (Å²) in [6.07, 6.45) is 3.19. The first-order valence-electron chi connectivity index (χ1n) is 5.87. The lowest BCUT2D eigenvalue weighted by Gasteiger charge is -2.27. The molecular formula is C11H20N2O4S. The first kappa shape index (κ1) is 14.9. The van der Waals surface area contributed by atoms with Crippen LogP contribution in [0.25, 0.3) is 0 Å². The second-order valence-corrected chi connectivity index (χ2v) is 6.50. The Bertz CT molecular complexity index is 370. The van der Waals surface area contributed by atoms with E-state index in [1.807, 2.05) is 0 Å². The van der Waals surface area contributed by atoms with Crippen LogP contribution >= 0.6 is 0 Å². The van der Waals surface area contributed by atoms with E-state index in [1.54, 1.807) is 13.2 Å². The molecule has 0 saturated heterocycles. The molecule has 3 N–H and O–H groups in total. The normalized spacial score (nSPS) is 21.5. The predicted octanol–water partition coefficient (Wildman–Crippen LogP) is 0.306. The lowest BCUT2D eigenvalue weighted by atomic mass is 9.96. The molecule has 7 heteroatoms. The van der Waals surface area contributed by atoms with Crippen molar-refractivity contribution in [2.75, 3.05) is 12.0 Å². The minimum Gasteiger partial charge on any atom is -0.480 e. The molecule has 1 aliphatic carbocycles. The van der Waals surface area contributed by atoms with Crippen LogP contribution in [0.5, 0.6) is 0 Å². The fourth-order valence-corrected chi connectivity index (χ4v) is 2.67. The van der Waals surface area contributed by atoms with Crippen LogP contribution in [0.15, 0.2) is 0 Å². The third-order valence-electron chi connectivity index (χ3n) is 3.07. The van der Waals surface area contributed by atoms with Crippen molar-refractivity contribution in [1.82, 2.24) is 10.6 Å². The van der Waals surface area contributed by atoms with E-state index in [1.165, 1.54) is 6.92 Å². The third-order valence-corrected chi connectivity index (χ3v) is 4.04. The molecule has 3 atom stereocenters. The Morgan fingerprint density at radius 1 is 1.50 bits per heavy atom. The molecule has 18 heavy (non-hydrogen) atoms. The van der Waals surface area contributed by atoms with E-state index in [9.17, 15) is 18.9 Å². The monoisotopic (exact) mass is 276 g/mol. The van der Waals surface area contributed by atoms with Crippen LogP contribution in [0.2, 0.25) is 0 Å². The van der Waals surface area contributed by atoms with Crippen LogP contribution < -0.4 is 10.6 Å². The second-order valence-electron chi connectivity index (χ2n) is 5.02. The Balaban J connectivity index is 2.52. The Kier molecular flexibility index (Phi) is 4.72. The number of hydrogen-bond acceptors (Lipinski definition) is 3. The quantitative estimate of drug-likeness (QED) is 0.650. The molecule has 1 fully saturated rings. The van der Waals surface area contributed by atoms with E-state index in [0.29, 0.717) is 5.75 Å². The van der Waals surface area contributed by atoms with Crippen LogP contribution in [0.3, 0.4) is 0 Å². The summed E-state index contributed by atoms with van der Waals surface area (Å²) in [5, 5.41) is 14.3. The number of nitrogens with one attached hydrogen (secondary N) is 2.